The van der Waals surface area contributed by atoms with E-state index in [1.165, 1.54) is 13.0 Å². The van der Waals surface area contributed by atoms with Gasteiger partial charge in [0, 0.05) is 0 Å². The summed E-state index contributed by atoms with van der Waals surface area (Å²) in [7, 11) is 0. The minimum atomic E-state index is -1.05. The van der Waals surface area contributed by atoms with Crippen molar-refractivity contribution in [1.29, 1.82) is 0 Å². The summed E-state index contributed by atoms with van der Waals surface area (Å²) in [6.07, 6.45) is 0. The second-order valence-corrected chi connectivity index (χ2v) is 5.63. The lowest BCUT2D eigenvalue weighted by molar-refractivity contribution is -0.387. The first-order valence-electron chi connectivity index (χ1n) is 5.58. The van der Waals surface area contributed by atoms with Crippen LogP contribution >= 0.6 is 11.8 Å². The molecule has 19 heavy (non-hydrogen) atoms. The highest BCUT2D eigenvalue weighted by Gasteiger charge is 2.27. The molecule has 0 radical (unpaired) electrons. The molecule has 1 rings (SSSR count). The number of carboxylic acids is 1. The zero-order valence-electron chi connectivity index (χ0n) is 10.7. The third-order valence-electron chi connectivity index (χ3n) is 2.54. The Morgan fingerprint density at radius 3 is 2.47 bits per heavy atom. The van der Waals surface area contributed by atoms with Crippen molar-refractivity contribution in [2.45, 2.75) is 30.9 Å². The number of carboxylic acid groups (broad SMARTS) is 1. The number of thioether (sulfide) groups is 1. The van der Waals surface area contributed by atoms with E-state index in [0.717, 1.165) is 17.8 Å². The van der Waals surface area contributed by atoms with Gasteiger partial charge in [-0.2, -0.15) is 0 Å². The molecule has 0 amide bonds. The van der Waals surface area contributed by atoms with E-state index in [4.69, 9.17) is 5.11 Å². The van der Waals surface area contributed by atoms with Crippen LogP contribution in [0.5, 0.6) is 0 Å². The Kier molecular flexibility index (Phi) is 4.88. The molecule has 7 heteroatoms. The van der Waals surface area contributed by atoms with Crippen LogP contribution in [0.15, 0.2) is 17.0 Å². The molecule has 1 aromatic carbocycles. The van der Waals surface area contributed by atoms with Gasteiger partial charge in [0.25, 0.3) is 5.69 Å². The molecule has 0 heterocycles. The summed E-state index contributed by atoms with van der Waals surface area (Å²) in [5, 5.41) is 19.2. The van der Waals surface area contributed by atoms with E-state index in [-0.39, 0.29) is 16.4 Å². The van der Waals surface area contributed by atoms with E-state index in [9.17, 15) is 19.3 Å². The van der Waals surface area contributed by atoms with Crippen LogP contribution in [0.2, 0.25) is 0 Å². The fourth-order valence-electron chi connectivity index (χ4n) is 1.49. The van der Waals surface area contributed by atoms with E-state index in [0.29, 0.717) is 0 Å². The van der Waals surface area contributed by atoms with Gasteiger partial charge in [-0.25, -0.2) is 4.39 Å². The van der Waals surface area contributed by atoms with Crippen molar-refractivity contribution < 1.29 is 19.2 Å². The van der Waals surface area contributed by atoms with Crippen LogP contribution in [0.3, 0.4) is 0 Å². The first-order valence-corrected chi connectivity index (χ1v) is 6.46. The molecule has 104 valence electrons. The molecule has 1 N–H and O–H groups in total. The minimum absolute atomic E-state index is 0.171. The zero-order chi connectivity index (χ0) is 14.7. The van der Waals surface area contributed by atoms with Crippen molar-refractivity contribution in [3.8, 4) is 0 Å². The number of rotatable bonds is 5. The average Bonchev–Trinajstić information content (AvgIpc) is 2.28. The Morgan fingerprint density at radius 1 is 1.47 bits per heavy atom. The van der Waals surface area contributed by atoms with Crippen LogP contribution in [-0.4, -0.2) is 21.2 Å². The second-order valence-electron chi connectivity index (χ2n) is 4.45. The van der Waals surface area contributed by atoms with Gasteiger partial charge in [0.1, 0.15) is 11.1 Å². The summed E-state index contributed by atoms with van der Waals surface area (Å²) in [6, 6.07) is 2.15. The summed E-state index contributed by atoms with van der Waals surface area (Å²) in [5.74, 6) is -1.92. The largest absolute Gasteiger partial charge is 0.480 e. The van der Waals surface area contributed by atoms with Crippen LogP contribution < -0.4 is 0 Å². The molecule has 0 aromatic heterocycles. The van der Waals surface area contributed by atoms with Crippen LogP contribution in [0, 0.1) is 28.8 Å². The lowest BCUT2D eigenvalue weighted by atomic mass is 10.1. The van der Waals surface area contributed by atoms with Crippen LogP contribution in [-0.2, 0) is 4.79 Å². The number of nitro benzene ring substituents is 1. The van der Waals surface area contributed by atoms with Gasteiger partial charge in [-0.05, 0) is 24.5 Å². The molecule has 0 aliphatic heterocycles. The second kappa shape index (κ2) is 6.01. The maximum Gasteiger partial charge on any atom is 0.317 e. The number of hydrogen-bond acceptors (Lipinski definition) is 4. The quantitative estimate of drug-likeness (QED) is 0.511. The van der Waals surface area contributed by atoms with Crippen LogP contribution in [0.25, 0.3) is 0 Å². The molecule has 0 saturated heterocycles. The first-order chi connectivity index (χ1) is 8.73. The summed E-state index contributed by atoms with van der Waals surface area (Å²) >= 11 is 0.875. The van der Waals surface area contributed by atoms with E-state index < -0.39 is 27.6 Å². The number of nitro groups is 1. The first kappa shape index (κ1) is 15.4. The van der Waals surface area contributed by atoms with Crippen molar-refractivity contribution in [2.24, 2.45) is 5.92 Å². The van der Waals surface area contributed by atoms with Gasteiger partial charge in [0.05, 0.1) is 15.9 Å². The molecular weight excluding hydrogens is 273 g/mol. The van der Waals surface area contributed by atoms with Crippen molar-refractivity contribution in [2.75, 3.05) is 0 Å². The monoisotopic (exact) mass is 287 g/mol. The number of hydrogen-bond donors (Lipinski definition) is 1. The topological polar surface area (TPSA) is 80.4 Å². The number of carbonyl (C=O) groups is 1. The Balaban J connectivity index is 3.22. The Labute approximate surface area is 114 Å². The van der Waals surface area contributed by atoms with Crippen molar-refractivity contribution in [3.05, 3.63) is 33.6 Å². The molecule has 0 fully saturated rings. The Morgan fingerprint density at radius 2 is 2.05 bits per heavy atom. The zero-order valence-corrected chi connectivity index (χ0v) is 11.5. The molecule has 1 unspecified atom stereocenters. The van der Waals surface area contributed by atoms with Gasteiger partial charge in [-0.1, -0.05) is 13.8 Å². The molecule has 5 nitrogen and oxygen atoms in total. The molecule has 0 saturated carbocycles. The lowest BCUT2D eigenvalue weighted by Gasteiger charge is -2.16. The van der Waals surface area contributed by atoms with Gasteiger partial charge in [-0.3, -0.25) is 14.9 Å². The number of benzene rings is 1. The van der Waals surface area contributed by atoms with Crippen molar-refractivity contribution in [3.63, 3.8) is 0 Å². The van der Waals surface area contributed by atoms with Gasteiger partial charge in [-0.15, -0.1) is 11.8 Å². The summed E-state index contributed by atoms with van der Waals surface area (Å²) in [5.41, 5.74) is -0.152. The lowest BCUT2D eigenvalue weighted by Crippen LogP contribution is -2.22. The molecular formula is C12H14FNO4S. The summed E-state index contributed by atoms with van der Waals surface area (Å²) in [4.78, 5) is 21.5. The smallest absolute Gasteiger partial charge is 0.317 e. The fourth-order valence-corrected chi connectivity index (χ4v) is 2.64. The average molecular weight is 287 g/mol. The Hall–Kier alpha value is -1.63. The predicted octanol–water partition coefficient (Wildman–Crippen LogP) is 3.24. The fraction of sp³-hybridized carbons (Fsp3) is 0.417. The van der Waals surface area contributed by atoms with Gasteiger partial charge < -0.3 is 5.11 Å². The van der Waals surface area contributed by atoms with E-state index in [1.54, 1.807) is 13.8 Å². The highest BCUT2D eigenvalue weighted by molar-refractivity contribution is 8.00. The highest BCUT2D eigenvalue weighted by Crippen LogP contribution is 2.36. The molecule has 0 bridgehead atoms. The summed E-state index contributed by atoms with van der Waals surface area (Å²) in [6.45, 7) is 4.91. The minimum Gasteiger partial charge on any atom is -0.480 e. The van der Waals surface area contributed by atoms with E-state index in [1.807, 2.05) is 0 Å². The Bertz CT molecular complexity index is 519. The standard InChI is InChI=1S/C12H14FNO4S/c1-6(2)11(12(15)16)19-10-4-7(3)8(13)5-9(10)14(17)18/h4-6,11H,1-3H3,(H,15,16). The highest BCUT2D eigenvalue weighted by atomic mass is 32.2. The molecule has 1 aromatic rings. The number of aryl methyl sites for hydroxylation is 1. The van der Waals surface area contributed by atoms with E-state index >= 15 is 0 Å². The van der Waals surface area contributed by atoms with Gasteiger partial charge >= 0.3 is 5.97 Å². The molecule has 0 spiro atoms. The normalized spacial score (nSPS) is 12.5. The molecule has 0 aliphatic carbocycles. The van der Waals surface area contributed by atoms with Crippen LogP contribution in [0.4, 0.5) is 10.1 Å². The maximum absolute atomic E-state index is 13.3. The van der Waals surface area contributed by atoms with Crippen LogP contribution in [0.1, 0.15) is 19.4 Å². The molecule has 1 atom stereocenters. The van der Waals surface area contributed by atoms with Crippen molar-refractivity contribution in [1.82, 2.24) is 0 Å². The van der Waals surface area contributed by atoms with E-state index in [2.05, 4.69) is 0 Å². The SMILES string of the molecule is Cc1cc(SC(C(=O)O)C(C)C)c([N+](=O)[O-])cc1F. The summed E-state index contributed by atoms with van der Waals surface area (Å²) < 4.78 is 13.3. The maximum atomic E-state index is 13.3. The predicted molar refractivity (Wildman–Crippen MR) is 69.9 cm³/mol. The third kappa shape index (κ3) is 3.66. The third-order valence-corrected chi connectivity index (χ3v) is 4.12. The van der Waals surface area contributed by atoms with Crippen molar-refractivity contribution >= 4 is 23.4 Å². The number of aliphatic carboxylic acids is 1. The number of nitrogens with zero attached hydrogens (tertiary/aromatic N) is 1. The van der Waals surface area contributed by atoms with Gasteiger partial charge in [0.15, 0.2) is 0 Å². The van der Waals surface area contributed by atoms with Gasteiger partial charge in [0.2, 0.25) is 0 Å². The molecule has 0 aliphatic rings. The number of halogens is 1.